The number of esters is 1. The Bertz CT molecular complexity index is 739. The van der Waals surface area contributed by atoms with E-state index in [9.17, 15) is 4.79 Å². The summed E-state index contributed by atoms with van der Waals surface area (Å²) in [5.41, 5.74) is 1.23. The lowest BCUT2D eigenvalue weighted by Crippen LogP contribution is -2.38. The molecule has 0 saturated heterocycles. The van der Waals surface area contributed by atoms with Crippen LogP contribution in [0.3, 0.4) is 0 Å². The summed E-state index contributed by atoms with van der Waals surface area (Å²) in [5, 5.41) is 8.51. The molecule has 0 saturated carbocycles. The van der Waals surface area contributed by atoms with Crippen molar-refractivity contribution in [1.82, 2.24) is 9.78 Å². The molecule has 23 heavy (non-hydrogen) atoms. The summed E-state index contributed by atoms with van der Waals surface area (Å²) in [6.45, 7) is 6.32. The van der Waals surface area contributed by atoms with Crippen LogP contribution in [0.4, 0.5) is 5.82 Å². The van der Waals surface area contributed by atoms with Gasteiger partial charge in [-0.05, 0) is 38.8 Å². The summed E-state index contributed by atoms with van der Waals surface area (Å²) in [6.07, 6.45) is 2.38. The van der Waals surface area contributed by atoms with Gasteiger partial charge in [-0.15, -0.1) is 0 Å². The van der Waals surface area contributed by atoms with Crippen molar-refractivity contribution in [3.05, 3.63) is 46.6 Å². The van der Waals surface area contributed by atoms with Crippen LogP contribution < -0.4 is 5.32 Å². The van der Waals surface area contributed by atoms with E-state index >= 15 is 0 Å². The molecule has 1 aliphatic rings. The van der Waals surface area contributed by atoms with Crippen molar-refractivity contribution in [3.63, 3.8) is 0 Å². The van der Waals surface area contributed by atoms with Crippen LogP contribution in [0.1, 0.15) is 49.2 Å². The topological polar surface area (TPSA) is 56.1 Å². The summed E-state index contributed by atoms with van der Waals surface area (Å²) in [7, 11) is 0. The Morgan fingerprint density at radius 3 is 2.91 bits per heavy atom. The first kappa shape index (κ1) is 15.9. The first-order valence-electron chi connectivity index (χ1n) is 7.70. The molecule has 6 heteroatoms. The zero-order valence-corrected chi connectivity index (χ0v) is 14.2. The smallest absolute Gasteiger partial charge is 0.343 e. The highest BCUT2D eigenvalue weighted by atomic mass is 35.5. The zero-order chi connectivity index (χ0) is 16.6. The van der Waals surface area contributed by atoms with E-state index in [0.717, 1.165) is 12.0 Å². The maximum atomic E-state index is 12.2. The molecule has 1 atom stereocenters. The molecule has 0 fully saturated rings. The molecule has 3 rings (SSSR count). The van der Waals surface area contributed by atoms with E-state index in [2.05, 4.69) is 24.3 Å². The Morgan fingerprint density at radius 2 is 2.22 bits per heavy atom. The minimum atomic E-state index is -0.364. The molecule has 1 aliphatic heterocycles. The lowest BCUT2D eigenvalue weighted by atomic mass is 9.89. The van der Waals surface area contributed by atoms with Crippen molar-refractivity contribution in [3.8, 4) is 0 Å². The summed E-state index contributed by atoms with van der Waals surface area (Å²) >= 11 is 6.35. The monoisotopic (exact) mass is 333 g/mol. The number of hydrogen-bond acceptors (Lipinski definition) is 4. The number of nitrogens with zero attached hydrogens (tertiary/aromatic N) is 2. The molecule has 5 nitrogen and oxygen atoms in total. The van der Waals surface area contributed by atoms with Gasteiger partial charge >= 0.3 is 5.97 Å². The number of rotatable bonds is 3. The van der Waals surface area contributed by atoms with E-state index in [-0.39, 0.29) is 17.6 Å². The number of carbonyl (C=O) groups excluding carboxylic acids is 1. The minimum absolute atomic E-state index is 0.0103. The molecule has 0 amide bonds. The van der Waals surface area contributed by atoms with Gasteiger partial charge in [0.15, 0.2) is 0 Å². The van der Waals surface area contributed by atoms with Gasteiger partial charge in [0.1, 0.15) is 11.4 Å². The minimum Gasteiger partial charge on any atom is -0.462 e. The molecule has 2 heterocycles. The number of fused-ring (bicyclic) bond motifs is 1. The normalized spacial score (nSPS) is 18.9. The van der Waals surface area contributed by atoms with Gasteiger partial charge in [-0.25, -0.2) is 9.48 Å². The quantitative estimate of drug-likeness (QED) is 0.862. The fourth-order valence-corrected chi connectivity index (χ4v) is 3.32. The molecular formula is C17H20ClN3O2. The SMILES string of the molecule is CCOC(=O)c1cnn2c1NC(c1ccccc1Cl)CC2(C)C. The van der Waals surface area contributed by atoms with Crippen molar-refractivity contribution in [2.24, 2.45) is 0 Å². The molecule has 0 radical (unpaired) electrons. The highest BCUT2D eigenvalue weighted by molar-refractivity contribution is 6.31. The molecule has 2 aromatic rings. The molecule has 122 valence electrons. The maximum Gasteiger partial charge on any atom is 0.343 e. The molecule has 0 bridgehead atoms. The van der Waals surface area contributed by atoms with E-state index in [1.807, 2.05) is 28.9 Å². The van der Waals surface area contributed by atoms with Crippen LogP contribution in [0.15, 0.2) is 30.5 Å². The average Bonchev–Trinajstić information content (AvgIpc) is 2.92. The van der Waals surface area contributed by atoms with Gasteiger partial charge in [0, 0.05) is 5.02 Å². The van der Waals surface area contributed by atoms with Crippen LogP contribution in [-0.2, 0) is 10.3 Å². The molecule has 0 spiro atoms. The van der Waals surface area contributed by atoms with E-state index < -0.39 is 0 Å². The van der Waals surface area contributed by atoms with Crippen LogP contribution >= 0.6 is 11.6 Å². The maximum absolute atomic E-state index is 12.2. The van der Waals surface area contributed by atoms with Crippen LogP contribution in [0.5, 0.6) is 0 Å². The number of nitrogens with one attached hydrogen (secondary N) is 1. The Balaban J connectivity index is 2.02. The predicted molar refractivity (Wildman–Crippen MR) is 89.9 cm³/mol. The Labute approximate surface area is 140 Å². The van der Waals surface area contributed by atoms with Gasteiger partial charge in [0.05, 0.1) is 24.4 Å². The molecule has 0 aliphatic carbocycles. The number of benzene rings is 1. The van der Waals surface area contributed by atoms with Crippen molar-refractivity contribution < 1.29 is 9.53 Å². The van der Waals surface area contributed by atoms with Crippen LogP contribution in [0.2, 0.25) is 5.02 Å². The number of carbonyl (C=O) groups is 1. The summed E-state index contributed by atoms with van der Waals surface area (Å²) in [4.78, 5) is 12.2. The summed E-state index contributed by atoms with van der Waals surface area (Å²) < 4.78 is 6.98. The lowest BCUT2D eigenvalue weighted by Gasteiger charge is -2.38. The van der Waals surface area contributed by atoms with Crippen molar-refractivity contribution in [2.45, 2.75) is 38.8 Å². The van der Waals surface area contributed by atoms with E-state index in [1.165, 1.54) is 0 Å². The van der Waals surface area contributed by atoms with Crippen LogP contribution in [-0.4, -0.2) is 22.4 Å². The lowest BCUT2D eigenvalue weighted by molar-refractivity contribution is 0.0527. The van der Waals surface area contributed by atoms with Crippen molar-refractivity contribution >= 4 is 23.4 Å². The fraction of sp³-hybridized carbons (Fsp3) is 0.412. The zero-order valence-electron chi connectivity index (χ0n) is 13.5. The highest BCUT2D eigenvalue weighted by Gasteiger charge is 2.37. The average molecular weight is 334 g/mol. The van der Waals surface area contributed by atoms with E-state index in [4.69, 9.17) is 16.3 Å². The Kier molecular flexibility index (Phi) is 4.06. The summed E-state index contributed by atoms with van der Waals surface area (Å²) in [6, 6.07) is 7.77. The van der Waals surface area contributed by atoms with E-state index in [1.54, 1.807) is 13.1 Å². The number of aromatic nitrogens is 2. The van der Waals surface area contributed by atoms with Gasteiger partial charge in [-0.3, -0.25) is 0 Å². The summed E-state index contributed by atoms with van der Waals surface area (Å²) in [5.74, 6) is 0.321. The first-order chi connectivity index (χ1) is 10.9. The van der Waals surface area contributed by atoms with E-state index in [0.29, 0.717) is 23.0 Å². The van der Waals surface area contributed by atoms with Crippen LogP contribution in [0, 0.1) is 0 Å². The van der Waals surface area contributed by atoms with Gasteiger partial charge in [0.2, 0.25) is 0 Å². The number of ether oxygens (including phenoxy) is 1. The second-order valence-corrected chi connectivity index (χ2v) is 6.68. The van der Waals surface area contributed by atoms with Gasteiger partial charge < -0.3 is 10.1 Å². The number of hydrogen-bond donors (Lipinski definition) is 1. The Hall–Kier alpha value is -2.01. The Morgan fingerprint density at radius 1 is 1.48 bits per heavy atom. The molecule has 1 aromatic heterocycles. The first-order valence-corrected chi connectivity index (χ1v) is 8.08. The van der Waals surface area contributed by atoms with Gasteiger partial charge in [-0.2, -0.15) is 5.10 Å². The van der Waals surface area contributed by atoms with Crippen molar-refractivity contribution in [1.29, 1.82) is 0 Å². The number of anilines is 1. The fourth-order valence-electron chi connectivity index (χ4n) is 3.05. The molecular weight excluding hydrogens is 314 g/mol. The second kappa shape index (κ2) is 5.89. The molecule has 1 unspecified atom stereocenters. The number of halogens is 1. The van der Waals surface area contributed by atoms with Gasteiger partial charge in [-0.1, -0.05) is 29.8 Å². The third-order valence-electron chi connectivity index (χ3n) is 4.13. The molecule has 1 N–H and O–H groups in total. The highest BCUT2D eigenvalue weighted by Crippen LogP contribution is 2.41. The third-order valence-corrected chi connectivity index (χ3v) is 4.48. The van der Waals surface area contributed by atoms with Gasteiger partial charge in [0.25, 0.3) is 0 Å². The second-order valence-electron chi connectivity index (χ2n) is 6.27. The molecule has 1 aromatic carbocycles. The van der Waals surface area contributed by atoms with Crippen molar-refractivity contribution in [2.75, 3.05) is 11.9 Å². The third kappa shape index (κ3) is 2.81. The van der Waals surface area contributed by atoms with Crippen LogP contribution in [0.25, 0.3) is 0 Å². The standard InChI is InChI=1S/C17H20ClN3O2/c1-4-23-16(22)12-10-19-21-15(12)20-14(9-17(21,2)3)11-7-5-6-8-13(11)18/h5-8,10,14,20H,4,9H2,1-3H3. The predicted octanol–water partition coefficient (Wildman–Crippen LogP) is 4.01. The largest absolute Gasteiger partial charge is 0.462 e.